The second-order valence-corrected chi connectivity index (χ2v) is 10.6. The van der Waals surface area contributed by atoms with Crippen molar-refractivity contribution >= 4 is 28.1 Å². The maximum absolute atomic E-state index is 14.0. The maximum Gasteiger partial charge on any atom is 0.248 e. The number of aryl methyl sites for hydroxylation is 2. The van der Waals surface area contributed by atoms with Crippen molar-refractivity contribution in [1.82, 2.24) is 14.8 Å². The summed E-state index contributed by atoms with van der Waals surface area (Å²) < 4.78 is 47.6. The molecule has 9 heteroatoms. The van der Waals surface area contributed by atoms with Gasteiger partial charge in [0.25, 0.3) is 0 Å². The Morgan fingerprint density at radius 3 is 2.66 bits per heavy atom. The van der Waals surface area contributed by atoms with Crippen LogP contribution in [0, 0.1) is 25.6 Å². The van der Waals surface area contributed by atoms with Crippen LogP contribution in [0.15, 0.2) is 57.9 Å². The van der Waals surface area contributed by atoms with Crippen LogP contribution < -0.4 is 5.32 Å². The number of aromatic nitrogens is 1. The first-order chi connectivity index (χ1) is 16.8. The van der Waals surface area contributed by atoms with Gasteiger partial charge in [-0.1, -0.05) is 53.2 Å². The molecule has 1 amide bonds. The molecule has 4 rings (SSSR count). The average Bonchev–Trinajstić information content (AvgIpc) is 3.24. The Balaban J connectivity index is 1.48. The van der Waals surface area contributed by atoms with Gasteiger partial charge in [0, 0.05) is 25.2 Å². The minimum absolute atomic E-state index is 0.0247. The Morgan fingerprint density at radius 1 is 1.17 bits per heavy atom. The highest BCUT2D eigenvalue weighted by Crippen LogP contribution is 2.29. The number of piperidine rings is 1. The van der Waals surface area contributed by atoms with Gasteiger partial charge in [-0.3, -0.25) is 4.79 Å². The third-order valence-electron chi connectivity index (χ3n) is 6.09. The Morgan fingerprint density at radius 2 is 1.91 bits per heavy atom. The van der Waals surface area contributed by atoms with E-state index in [0.717, 1.165) is 11.1 Å². The first kappa shape index (κ1) is 24.8. The molecular formula is C26H28FN3O4S. The van der Waals surface area contributed by atoms with Gasteiger partial charge in [0.05, 0.1) is 5.92 Å². The lowest BCUT2D eigenvalue weighted by Gasteiger charge is -2.31. The van der Waals surface area contributed by atoms with E-state index in [2.05, 4.69) is 10.5 Å². The number of hydrogen-bond acceptors (Lipinski definition) is 5. The van der Waals surface area contributed by atoms with Gasteiger partial charge in [0.1, 0.15) is 11.5 Å². The van der Waals surface area contributed by atoms with Gasteiger partial charge in [-0.05, 0) is 50.5 Å². The van der Waals surface area contributed by atoms with Crippen molar-refractivity contribution in [2.24, 2.45) is 5.92 Å². The maximum atomic E-state index is 14.0. The predicted molar refractivity (Wildman–Crippen MR) is 131 cm³/mol. The van der Waals surface area contributed by atoms with E-state index in [1.807, 2.05) is 31.2 Å². The van der Waals surface area contributed by atoms with E-state index in [0.29, 0.717) is 31.5 Å². The Hall–Kier alpha value is -3.30. The Labute approximate surface area is 204 Å². The van der Waals surface area contributed by atoms with Gasteiger partial charge < -0.3 is 9.84 Å². The highest BCUT2D eigenvalue weighted by Gasteiger charge is 2.36. The largest absolute Gasteiger partial charge is 0.355 e. The van der Waals surface area contributed by atoms with Crippen LogP contribution in [0.1, 0.15) is 41.0 Å². The summed E-state index contributed by atoms with van der Waals surface area (Å²) in [4.78, 5) is 12.7. The molecule has 2 aromatic carbocycles. The van der Waals surface area contributed by atoms with E-state index < -0.39 is 21.8 Å². The molecule has 0 radical (unpaired) electrons. The Bertz CT molecular complexity index is 1330. The SMILES string of the molecule is Cc1ccc(CNC(=O)[C@H]2CCCN(S(=O)(=O)c3c(C)noc3/C=C/c3ccccc3F)C2)cc1. The smallest absolute Gasteiger partial charge is 0.248 e. The number of amides is 1. The molecule has 3 aromatic rings. The molecule has 2 heterocycles. The van der Waals surface area contributed by atoms with E-state index in [1.165, 1.54) is 22.5 Å². The summed E-state index contributed by atoms with van der Waals surface area (Å²) in [5.74, 6) is -1.04. The van der Waals surface area contributed by atoms with Crippen LogP contribution >= 0.6 is 0 Å². The zero-order valence-electron chi connectivity index (χ0n) is 19.7. The summed E-state index contributed by atoms with van der Waals surface area (Å²) in [6.07, 6.45) is 4.02. The molecule has 1 saturated heterocycles. The van der Waals surface area contributed by atoms with E-state index in [4.69, 9.17) is 4.52 Å². The van der Waals surface area contributed by atoms with Crippen molar-refractivity contribution < 1.29 is 22.1 Å². The summed E-state index contributed by atoms with van der Waals surface area (Å²) in [5, 5.41) is 6.75. The summed E-state index contributed by atoms with van der Waals surface area (Å²) in [7, 11) is -3.98. The van der Waals surface area contributed by atoms with Gasteiger partial charge in [-0.2, -0.15) is 4.31 Å². The fourth-order valence-electron chi connectivity index (χ4n) is 4.12. The molecule has 1 N–H and O–H groups in total. The van der Waals surface area contributed by atoms with Crippen molar-refractivity contribution in [1.29, 1.82) is 0 Å². The summed E-state index contributed by atoms with van der Waals surface area (Å²) >= 11 is 0. The second-order valence-electron chi connectivity index (χ2n) is 8.72. The number of halogens is 1. The zero-order valence-corrected chi connectivity index (χ0v) is 20.5. The highest BCUT2D eigenvalue weighted by atomic mass is 32.2. The number of hydrogen-bond donors (Lipinski definition) is 1. The van der Waals surface area contributed by atoms with E-state index >= 15 is 0 Å². The van der Waals surface area contributed by atoms with Crippen LogP contribution in [0.25, 0.3) is 12.2 Å². The third kappa shape index (κ3) is 5.68. The molecule has 0 spiro atoms. The molecule has 1 aromatic heterocycles. The van der Waals surface area contributed by atoms with Gasteiger partial charge in [0.2, 0.25) is 15.9 Å². The lowest BCUT2D eigenvalue weighted by Crippen LogP contribution is -2.45. The number of nitrogens with zero attached hydrogens (tertiary/aromatic N) is 2. The van der Waals surface area contributed by atoms with Crippen molar-refractivity contribution in [2.45, 2.75) is 38.1 Å². The van der Waals surface area contributed by atoms with Crippen molar-refractivity contribution in [3.63, 3.8) is 0 Å². The van der Waals surface area contributed by atoms with Crippen LogP contribution in [-0.2, 0) is 21.4 Å². The van der Waals surface area contributed by atoms with Crippen molar-refractivity contribution in [2.75, 3.05) is 13.1 Å². The van der Waals surface area contributed by atoms with Crippen molar-refractivity contribution in [3.05, 3.63) is 82.5 Å². The van der Waals surface area contributed by atoms with Gasteiger partial charge in [0.15, 0.2) is 10.7 Å². The zero-order chi connectivity index (χ0) is 25.0. The normalized spacial score (nSPS) is 17.1. The first-order valence-electron chi connectivity index (χ1n) is 11.5. The fourth-order valence-corrected chi connectivity index (χ4v) is 5.89. The van der Waals surface area contributed by atoms with Gasteiger partial charge in [-0.15, -0.1) is 0 Å². The molecule has 0 unspecified atom stereocenters. The molecule has 35 heavy (non-hydrogen) atoms. The molecule has 0 bridgehead atoms. The van der Waals surface area contributed by atoms with Crippen molar-refractivity contribution in [3.8, 4) is 0 Å². The quantitative estimate of drug-likeness (QED) is 0.525. The molecule has 1 atom stereocenters. The first-order valence-corrected chi connectivity index (χ1v) is 12.9. The summed E-state index contributed by atoms with van der Waals surface area (Å²) in [5.41, 5.74) is 2.63. The van der Waals surface area contributed by atoms with Crippen LogP contribution in [0.4, 0.5) is 4.39 Å². The number of sulfonamides is 1. The van der Waals surface area contributed by atoms with E-state index in [9.17, 15) is 17.6 Å². The molecule has 1 fully saturated rings. The standard InChI is InChI=1S/C26H28FN3O4S/c1-18-9-11-20(12-10-18)16-28-26(31)22-7-5-15-30(17-22)35(32,33)25-19(2)29-34-24(25)14-13-21-6-3-4-8-23(21)27/h3-4,6,8-14,22H,5,7,15-17H2,1-2H3,(H,28,31)/b14-13+/t22-/m0/s1. The fraction of sp³-hybridized carbons (Fsp3) is 0.308. The molecule has 1 aliphatic rings. The number of carbonyl (C=O) groups excluding carboxylic acids is 1. The predicted octanol–water partition coefficient (Wildman–Crippen LogP) is 4.32. The van der Waals surface area contributed by atoms with E-state index in [1.54, 1.807) is 25.1 Å². The number of carbonyl (C=O) groups is 1. The number of rotatable bonds is 7. The second kappa shape index (κ2) is 10.5. The molecule has 1 aliphatic heterocycles. The number of nitrogens with one attached hydrogen (secondary N) is 1. The van der Waals surface area contributed by atoms with Gasteiger partial charge in [-0.25, -0.2) is 12.8 Å². The summed E-state index contributed by atoms with van der Waals surface area (Å²) in [6, 6.07) is 14.0. The van der Waals surface area contributed by atoms with Crippen LogP contribution in [0.3, 0.4) is 0 Å². The number of benzene rings is 2. The summed E-state index contributed by atoms with van der Waals surface area (Å²) in [6.45, 7) is 4.30. The van der Waals surface area contributed by atoms with Crippen LogP contribution in [0.2, 0.25) is 0 Å². The molecule has 0 saturated carbocycles. The van der Waals surface area contributed by atoms with E-state index in [-0.39, 0.29) is 28.8 Å². The highest BCUT2D eigenvalue weighted by molar-refractivity contribution is 7.89. The minimum Gasteiger partial charge on any atom is -0.355 e. The molecule has 7 nitrogen and oxygen atoms in total. The average molecular weight is 498 g/mol. The third-order valence-corrected chi connectivity index (χ3v) is 8.12. The van der Waals surface area contributed by atoms with Crippen LogP contribution in [-0.4, -0.2) is 36.9 Å². The van der Waals surface area contributed by atoms with Crippen LogP contribution in [0.5, 0.6) is 0 Å². The molecule has 0 aliphatic carbocycles. The lowest BCUT2D eigenvalue weighted by molar-refractivity contribution is -0.126. The topological polar surface area (TPSA) is 92.5 Å². The monoisotopic (exact) mass is 497 g/mol. The minimum atomic E-state index is -3.98. The molecular weight excluding hydrogens is 469 g/mol. The lowest BCUT2D eigenvalue weighted by atomic mass is 9.98. The van der Waals surface area contributed by atoms with Gasteiger partial charge >= 0.3 is 0 Å². The molecule has 184 valence electrons. The Kier molecular flexibility index (Phi) is 7.47.